The number of nitrogens with two attached hydrogens (primary N) is 1. The van der Waals surface area contributed by atoms with Gasteiger partial charge in [-0.15, -0.1) is 0 Å². The largest absolute Gasteiger partial charge is 0.490 e. The fraction of sp³-hybridized carbons (Fsp3) is 0.600. The number of nitrogen functional groups attached to an aromatic ring is 1. The van der Waals surface area contributed by atoms with Gasteiger partial charge in [0.2, 0.25) is 5.75 Å². The highest BCUT2D eigenvalue weighted by Gasteiger charge is 2.22. The standard InChI is InChI=1S/C10H16N4O2/c1-16-8-9(11)12-6-13-10(8)14-4-2-3-7(15)5-14/h6-7,15H,2-5H2,1H3,(H2,11,12,13). The summed E-state index contributed by atoms with van der Waals surface area (Å²) in [6.07, 6.45) is 2.87. The number of rotatable bonds is 2. The Kier molecular flexibility index (Phi) is 3.09. The zero-order valence-electron chi connectivity index (χ0n) is 9.26. The molecule has 1 aliphatic rings. The number of piperidine rings is 1. The molecule has 0 radical (unpaired) electrons. The van der Waals surface area contributed by atoms with Crippen LogP contribution in [0.15, 0.2) is 6.33 Å². The van der Waals surface area contributed by atoms with Crippen LogP contribution in [0.4, 0.5) is 11.6 Å². The molecule has 3 N–H and O–H groups in total. The van der Waals surface area contributed by atoms with Gasteiger partial charge in [0, 0.05) is 13.1 Å². The molecule has 0 aliphatic carbocycles. The van der Waals surface area contributed by atoms with Crippen LogP contribution in [0.25, 0.3) is 0 Å². The third-order valence-corrected chi connectivity index (χ3v) is 2.71. The zero-order valence-corrected chi connectivity index (χ0v) is 9.26. The summed E-state index contributed by atoms with van der Waals surface area (Å²) in [5.41, 5.74) is 5.71. The molecule has 0 bridgehead atoms. The Morgan fingerprint density at radius 1 is 1.56 bits per heavy atom. The summed E-state index contributed by atoms with van der Waals surface area (Å²) in [5.74, 6) is 1.47. The fourth-order valence-corrected chi connectivity index (χ4v) is 1.95. The second kappa shape index (κ2) is 4.52. The van der Waals surface area contributed by atoms with Crippen LogP contribution in [-0.4, -0.2) is 41.4 Å². The summed E-state index contributed by atoms with van der Waals surface area (Å²) < 4.78 is 5.19. The molecular weight excluding hydrogens is 208 g/mol. The summed E-state index contributed by atoms with van der Waals surface area (Å²) >= 11 is 0. The van der Waals surface area contributed by atoms with Gasteiger partial charge in [0.05, 0.1) is 13.2 Å². The van der Waals surface area contributed by atoms with E-state index in [1.807, 2.05) is 4.90 Å². The van der Waals surface area contributed by atoms with E-state index in [4.69, 9.17) is 10.5 Å². The molecule has 0 aromatic carbocycles. The van der Waals surface area contributed by atoms with Crippen molar-refractivity contribution in [1.29, 1.82) is 0 Å². The average molecular weight is 224 g/mol. The minimum atomic E-state index is -0.311. The Morgan fingerprint density at radius 2 is 2.38 bits per heavy atom. The molecule has 2 rings (SSSR count). The molecule has 1 saturated heterocycles. The van der Waals surface area contributed by atoms with Crippen LogP contribution >= 0.6 is 0 Å². The van der Waals surface area contributed by atoms with Crippen molar-refractivity contribution in [2.24, 2.45) is 0 Å². The van der Waals surface area contributed by atoms with E-state index in [-0.39, 0.29) is 6.10 Å². The summed E-state index contributed by atoms with van der Waals surface area (Å²) in [4.78, 5) is 10.0. The van der Waals surface area contributed by atoms with Crippen molar-refractivity contribution in [3.63, 3.8) is 0 Å². The van der Waals surface area contributed by atoms with Crippen LogP contribution < -0.4 is 15.4 Å². The van der Waals surface area contributed by atoms with Gasteiger partial charge in [0.15, 0.2) is 11.6 Å². The predicted octanol–water partition coefficient (Wildman–Crippen LogP) is 0.0285. The first-order valence-electron chi connectivity index (χ1n) is 5.30. The SMILES string of the molecule is COc1c(N)ncnc1N1CCCC(O)C1. The molecule has 1 fully saturated rings. The van der Waals surface area contributed by atoms with E-state index in [9.17, 15) is 5.11 Å². The van der Waals surface area contributed by atoms with Crippen molar-refractivity contribution < 1.29 is 9.84 Å². The van der Waals surface area contributed by atoms with E-state index in [0.717, 1.165) is 19.4 Å². The molecule has 6 nitrogen and oxygen atoms in total. The number of aromatic nitrogens is 2. The summed E-state index contributed by atoms with van der Waals surface area (Å²) in [6, 6.07) is 0. The van der Waals surface area contributed by atoms with Crippen molar-refractivity contribution in [2.45, 2.75) is 18.9 Å². The number of hydrogen-bond donors (Lipinski definition) is 2. The quantitative estimate of drug-likeness (QED) is 0.737. The van der Waals surface area contributed by atoms with Crippen LogP contribution in [0.2, 0.25) is 0 Å². The van der Waals surface area contributed by atoms with Crippen LogP contribution in [0, 0.1) is 0 Å². The van der Waals surface area contributed by atoms with Gasteiger partial charge in [0.25, 0.3) is 0 Å². The second-order valence-electron chi connectivity index (χ2n) is 3.86. The van der Waals surface area contributed by atoms with E-state index in [1.54, 1.807) is 7.11 Å². The lowest BCUT2D eigenvalue weighted by Gasteiger charge is -2.31. The van der Waals surface area contributed by atoms with E-state index in [1.165, 1.54) is 6.33 Å². The Balaban J connectivity index is 2.28. The van der Waals surface area contributed by atoms with E-state index >= 15 is 0 Å². The third kappa shape index (κ3) is 2.01. The molecule has 88 valence electrons. The van der Waals surface area contributed by atoms with Crippen LogP contribution in [-0.2, 0) is 0 Å². The molecule has 1 unspecified atom stereocenters. The fourth-order valence-electron chi connectivity index (χ4n) is 1.95. The maximum Gasteiger partial charge on any atom is 0.204 e. The molecule has 1 aromatic rings. The van der Waals surface area contributed by atoms with E-state index in [2.05, 4.69) is 9.97 Å². The lowest BCUT2D eigenvalue weighted by Crippen LogP contribution is -2.39. The average Bonchev–Trinajstić information content (AvgIpc) is 2.28. The van der Waals surface area contributed by atoms with Gasteiger partial charge in [-0.3, -0.25) is 0 Å². The summed E-state index contributed by atoms with van der Waals surface area (Å²) in [5, 5.41) is 9.62. The Labute approximate surface area is 94.1 Å². The first-order valence-corrected chi connectivity index (χ1v) is 5.30. The molecule has 1 aliphatic heterocycles. The van der Waals surface area contributed by atoms with Crippen LogP contribution in [0.1, 0.15) is 12.8 Å². The monoisotopic (exact) mass is 224 g/mol. The number of ether oxygens (including phenoxy) is 1. The summed E-state index contributed by atoms with van der Waals surface area (Å²) in [7, 11) is 1.54. The Morgan fingerprint density at radius 3 is 3.06 bits per heavy atom. The Bertz CT molecular complexity index is 372. The Hall–Kier alpha value is -1.56. The van der Waals surface area contributed by atoms with Gasteiger partial charge in [-0.25, -0.2) is 9.97 Å². The number of anilines is 2. The maximum atomic E-state index is 9.62. The maximum absolute atomic E-state index is 9.62. The lowest BCUT2D eigenvalue weighted by molar-refractivity contribution is 0.153. The molecule has 1 aromatic heterocycles. The number of hydrogen-bond acceptors (Lipinski definition) is 6. The number of β-amino-alcohol motifs (C(OH)–C–C–N with tert-alkyl or cyclic N) is 1. The number of aliphatic hydroxyl groups excluding tert-OH is 1. The van der Waals surface area contributed by atoms with Crippen molar-refractivity contribution in [3.8, 4) is 5.75 Å². The summed E-state index contributed by atoms with van der Waals surface area (Å²) in [6.45, 7) is 1.41. The van der Waals surface area contributed by atoms with Gasteiger partial charge < -0.3 is 20.5 Å². The number of aliphatic hydroxyl groups is 1. The van der Waals surface area contributed by atoms with Gasteiger partial charge in [0.1, 0.15) is 6.33 Å². The number of nitrogens with zero attached hydrogens (tertiary/aromatic N) is 3. The molecular formula is C10H16N4O2. The number of methoxy groups -OCH3 is 1. The predicted molar refractivity (Wildman–Crippen MR) is 60.5 cm³/mol. The van der Waals surface area contributed by atoms with Crippen molar-refractivity contribution in [3.05, 3.63) is 6.33 Å². The van der Waals surface area contributed by atoms with E-state index < -0.39 is 0 Å². The van der Waals surface area contributed by atoms with Crippen LogP contribution in [0.3, 0.4) is 0 Å². The van der Waals surface area contributed by atoms with Gasteiger partial charge in [-0.1, -0.05) is 0 Å². The molecule has 0 spiro atoms. The van der Waals surface area contributed by atoms with E-state index in [0.29, 0.717) is 23.9 Å². The molecule has 16 heavy (non-hydrogen) atoms. The molecule has 6 heteroatoms. The second-order valence-corrected chi connectivity index (χ2v) is 3.86. The van der Waals surface area contributed by atoms with Gasteiger partial charge >= 0.3 is 0 Å². The topological polar surface area (TPSA) is 84.5 Å². The third-order valence-electron chi connectivity index (χ3n) is 2.71. The molecule has 0 amide bonds. The van der Waals surface area contributed by atoms with Gasteiger partial charge in [-0.2, -0.15) is 0 Å². The van der Waals surface area contributed by atoms with Gasteiger partial charge in [-0.05, 0) is 12.8 Å². The highest BCUT2D eigenvalue weighted by atomic mass is 16.5. The van der Waals surface area contributed by atoms with Crippen molar-refractivity contribution in [2.75, 3.05) is 30.8 Å². The smallest absolute Gasteiger partial charge is 0.204 e. The van der Waals surface area contributed by atoms with Crippen molar-refractivity contribution >= 4 is 11.6 Å². The molecule has 2 heterocycles. The van der Waals surface area contributed by atoms with Crippen LogP contribution in [0.5, 0.6) is 5.75 Å². The minimum absolute atomic E-state index is 0.311. The molecule has 0 saturated carbocycles. The lowest BCUT2D eigenvalue weighted by atomic mass is 10.1. The zero-order chi connectivity index (χ0) is 11.5. The molecule has 1 atom stereocenters. The highest BCUT2D eigenvalue weighted by Crippen LogP contribution is 2.31. The highest BCUT2D eigenvalue weighted by molar-refractivity contribution is 5.62. The first kappa shape index (κ1) is 10.9. The minimum Gasteiger partial charge on any atom is -0.490 e. The van der Waals surface area contributed by atoms with Crippen molar-refractivity contribution in [1.82, 2.24) is 9.97 Å². The first-order chi connectivity index (χ1) is 7.72. The normalized spacial score (nSPS) is 20.9.